The van der Waals surface area contributed by atoms with Crippen LogP contribution in [0.25, 0.3) is 0 Å². The molecule has 1 aliphatic carbocycles. The van der Waals surface area contributed by atoms with Gasteiger partial charge in [-0.15, -0.1) is 0 Å². The molecule has 0 aromatic heterocycles. The molecular formula is C25H34INO4S. The lowest BCUT2D eigenvalue weighted by atomic mass is 9.86. The van der Waals surface area contributed by atoms with Crippen molar-refractivity contribution in [3.8, 4) is 11.5 Å². The van der Waals surface area contributed by atoms with E-state index in [0.717, 1.165) is 40.4 Å². The van der Waals surface area contributed by atoms with Gasteiger partial charge in [-0.25, -0.2) is 8.42 Å². The summed E-state index contributed by atoms with van der Waals surface area (Å²) >= 11 is 2.24. The van der Waals surface area contributed by atoms with Gasteiger partial charge in [0.2, 0.25) is 10.0 Å². The summed E-state index contributed by atoms with van der Waals surface area (Å²) in [7, 11) is -2.03. The number of hydrogen-bond acceptors (Lipinski definition) is 4. The Kier molecular flexibility index (Phi) is 8.49. The van der Waals surface area contributed by atoms with Crippen molar-refractivity contribution in [3.05, 3.63) is 51.1 Å². The van der Waals surface area contributed by atoms with Gasteiger partial charge in [0.25, 0.3) is 0 Å². The van der Waals surface area contributed by atoms with Crippen molar-refractivity contribution in [2.75, 3.05) is 7.11 Å². The molecule has 5 nitrogen and oxygen atoms in total. The summed E-state index contributed by atoms with van der Waals surface area (Å²) in [5.74, 6) is 1.64. The fourth-order valence-electron chi connectivity index (χ4n) is 4.35. The summed E-state index contributed by atoms with van der Waals surface area (Å²) < 4.78 is 41.8. The minimum absolute atomic E-state index is 0.0183. The molecule has 2 aromatic carbocycles. The van der Waals surface area contributed by atoms with Gasteiger partial charge < -0.3 is 9.47 Å². The second kappa shape index (κ2) is 10.7. The molecule has 2 atom stereocenters. The Morgan fingerprint density at radius 3 is 2.38 bits per heavy atom. The van der Waals surface area contributed by atoms with E-state index < -0.39 is 10.0 Å². The molecule has 1 saturated carbocycles. The Morgan fingerprint density at radius 1 is 1.12 bits per heavy atom. The van der Waals surface area contributed by atoms with E-state index in [0.29, 0.717) is 28.9 Å². The third kappa shape index (κ3) is 5.78. The quantitative estimate of drug-likeness (QED) is 0.356. The predicted octanol–water partition coefficient (Wildman–Crippen LogP) is 6.17. The zero-order chi connectivity index (χ0) is 23.5. The van der Waals surface area contributed by atoms with Crippen LogP contribution in [0.2, 0.25) is 0 Å². The molecule has 0 saturated heterocycles. The number of methoxy groups -OCH3 is 1. The topological polar surface area (TPSA) is 55.8 Å². The molecule has 2 aromatic rings. The first kappa shape index (κ1) is 25.3. The first-order valence-electron chi connectivity index (χ1n) is 11.2. The van der Waals surface area contributed by atoms with Crippen LogP contribution < -0.4 is 9.47 Å². The smallest absolute Gasteiger partial charge is 0.243 e. The van der Waals surface area contributed by atoms with Crippen LogP contribution in [0.15, 0.2) is 41.3 Å². The molecule has 176 valence electrons. The third-order valence-corrected chi connectivity index (χ3v) is 8.73. The number of halogens is 1. The lowest BCUT2D eigenvalue weighted by molar-refractivity contribution is 0.185. The Bertz CT molecular complexity index is 1020. The van der Waals surface area contributed by atoms with E-state index in [9.17, 15) is 8.42 Å². The maximum Gasteiger partial charge on any atom is 0.243 e. The number of benzene rings is 2. The van der Waals surface area contributed by atoms with Crippen LogP contribution in [0.3, 0.4) is 0 Å². The molecule has 0 N–H and O–H groups in total. The van der Waals surface area contributed by atoms with Crippen LogP contribution >= 0.6 is 22.6 Å². The van der Waals surface area contributed by atoms with Crippen LogP contribution in [0.1, 0.15) is 57.6 Å². The van der Waals surface area contributed by atoms with Crippen molar-refractivity contribution in [2.45, 2.75) is 77.0 Å². The second-order valence-corrected chi connectivity index (χ2v) is 12.0. The van der Waals surface area contributed by atoms with E-state index >= 15 is 0 Å². The van der Waals surface area contributed by atoms with Crippen molar-refractivity contribution in [1.82, 2.24) is 4.31 Å². The number of nitrogens with zero attached hydrogens (tertiary/aromatic N) is 1. The minimum Gasteiger partial charge on any atom is -0.493 e. The van der Waals surface area contributed by atoms with Gasteiger partial charge in [-0.2, -0.15) is 4.31 Å². The molecule has 0 spiro atoms. The lowest BCUT2D eigenvalue weighted by Gasteiger charge is -2.38. The van der Waals surface area contributed by atoms with E-state index in [-0.39, 0.29) is 12.1 Å². The molecule has 3 rings (SSSR count). The zero-order valence-electron chi connectivity index (χ0n) is 19.6. The summed E-state index contributed by atoms with van der Waals surface area (Å²) in [6.07, 6.45) is 4.16. The first-order chi connectivity index (χ1) is 15.1. The maximum atomic E-state index is 13.8. The van der Waals surface area contributed by atoms with E-state index in [1.807, 2.05) is 45.0 Å². The SMILES string of the molecule is COc1cc(CN([C@@H]2CCCC[C@@H]2C)S(=O)(=O)c2ccc(C)cc2)cc(I)c1OC(C)C. The normalized spacial score (nSPS) is 19.4. The van der Waals surface area contributed by atoms with Gasteiger partial charge in [0.1, 0.15) is 0 Å². The number of sulfonamides is 1. The summed E-state index contributed by atoms with van der Waals surface area (Å²) in [5, 5.41) is 0. The van der Waals surface area contributed by atoms with Crippen molar-refractivity contribution in [1.29, 1.82) is 0 Å². The monoisotopic (exact) mass is 571 g/mol. The van der Waals surface area contributed by atoms with Crippen LogP contribution in [-0.4, -0.2) is 32.0 Å². The molecule has 0 heterocycles. The van der Waals surface area contributed by atoms with Gasteiger partial charge in [0, 0.05) is 12.6 Å². The third-order valence-electron chi connectivity index (χ3n) is 6.04. The summed E-state index contributed by atoms with van der Waals surface area (Å²) in [5.41, 5.74) is 1.94. The van der Waals surface area contributed by atoms with Crippen LogP contribution in [0, 0.1) is 16.4 Å². The average molecular weight is 572 g/mol. The van der Waals surface area contributed by atoms with Crippen LogP contribution in [0.5, 0.6) is 11.5 Å². The van der Waals surface area contributed by atoms with Crippen molar-refractivity contribution >= 4 is 32.6 Å². The van der Waals surface area contributed by atoms with Gasteiger partial charge in [-0.1, -0.05) is 37.5 Å². The minimum atomic E-state index is -3.65. The number of hydrogen-bond donors (Lipinski definition) is 0. The maximum absolute atomic E-state index is 13.8. The molecular weight excluding hydrogens is 537 g/mol. The summed E-state index contributed by atoms with van der Waals surface area (Å²) in [6, 6.07) is 11.0. The van der Waals surface area contributed by atoms with E-state index in [1.54, 1.807) is 23.5 Å². The second-order valence-electron chi connectivity index (χ2n) is 8.97. The highest BCUT2D eigenvalue weighted by Gasteiger charge is 2.36. The largest absolute Gasteiger partial charge is 0.493 e. The Labute approximate surface area is 206 Å². The molecule has 1 aliphatic rings. The van der Waals surface area contributed by atoms with Gasteiger partial charge in [0.15, 0.2) is 11.5 Å². The molecule has 7 heteroatoms. The average Bonchev–Trinajstić information content (AvgIpc) is 2.74. The fraction of sp³-hybridized carbons (Fsp3) is 0.520. The number of aryl methyl sites for hydroxylation is 1. The fourth-order valence-corrected chi connectivity index (χ4v) is 6.88. The number of ether oxygens (including phenoxy) is 2. The molecule has 1 fully saturated rings. The van der Waals surface area contributed by atoms with Crippen LogP contribution in [-0.2, 0) is 16.6 Å². The van der Waals surface area contributed by atoms with E-state index in [2.05, 4.69) is 29.5 Å². The van der Waals surface area contributed by atoms with Crippen molar-refractivity contribution in [2.24, 2.45) is 5.92 Å². The van der Waals surface area contributed by atoms with Gasteiger partial charge in [-0.05, 0) is 92.0 Å². The molecule has 0 unspecified atom stereocenters. The zero-order valence-corrected chi connectivity index (χ0v) is 22.6. The lowest BCUT2D eigenvalue weighted by Crippen LogP contribution is -2.44. The number of rotatable bonds is 8. The molecule has 0 radical (unpaired) electrons. The highest BCUT2D eigenvalue weighted by Crippen LogP contribution is 2.37. The molecule has 0 aliphatic heterocycles. The van der Waals surface area contributed by atoms with Crippen molar-refractivity contribution in [3.63, 3.8) is 0 Å². The Morgan fingerprint density at radius 2 is 1.78 bits per heavy atom. The van der Waals surface area contributed by atoms with Gasteiger partial charge in [0.05, 0.1) is 21.7 Å². The predicted molar refractivity (Wildman–Crippen MR) is 137 cm³/mol. The Hall–Kier alpha value is -1.32. The van der Waals surface area contributed by atoms with E-state index in [4.69, 9.17) is 9.47 Å². The standard InChI is InChI=1S/C25H34INO4S/c1-17(2)31-25-22(26)14-20(15-24(25)30-5)16-27(23-9-7-6-8-19(23)4)32(28,29)21-12-10-18(3)11-13-21/h10-15,17,19,23H,6-9,16H2,1-5H3/t19-,23+/m0/s1. The van der Waals surface area contributed by atoms with E-state index in [1.165, 1.54) is 0 Å². The van der Waals surface area contributed by atoms with Gasteiger partial charge in [-0.3, -0.25) is 0 Å². The molecule has 32 heavy (non-hydrogen) atoms. The first-order valence-corrected chi connectivity index (χ1v) is 13.8. The highest BCUT2D eigenvalue weighted by atomic mass is 127. The van der Waals surface area contributed by atoms with Crippen molar-refractivity contribution < 1.29 is 17.9 Å². The molecule has 0 amide bonds. The highest BCUT2D eigenvalue weighted by molar-refractivity contribution is 14.1. The van der Waals surface area contributed by atoms with Crippen LogP contribution in [0.4, 0.5) is 0 Å². The summed E-state index contributed by atoms with van der Waals surface area (Å²) in [6.45, 7) is 8.39. The summed E-state index contributed by atoms with van der Waals surface area (Å²) in [4.78, 5) is 0.349. The van der Waals surface area contributed by atoms with Gasteiger partial charge >= 0.3 is 0 Å². The molecule has 0 bridgehead atoms. The Balaban J connectivity index is 2.03.